The lowest BCUT2D eigenvalue weighted by Gasteiger charge is -2.12. The molecule has 1 unspecified atom stereocenters. The Balaban J connectivity index is 2.83. The molecule has 1 aromatic rings. The first kappa shape index (κ1) is 12.0. The van der Waals surface area contributed by atoms with Crippen LogP contribution in [-0.2, 0) is 9.53 Å². The van der Waals surface area contributed by atoms with Crippen molar-refractivity contribution in [3.05, 3.63) is 29.6 Å². The minimum absolute atomic E-state index is 0.0862. The van der Waals surface area contributed by atoms with E-state index in [0.29, 0.717) is 0 Å². The van der Waals surface area contributed by atoms with Gasteiger partial charge in [-0.2, -0.15) is 5.26 Å². The molecular weight excluding hydrogens is 213 g/mol. The van der Waals surface area contributed by atoms with E-state index in [1.807, 2.05) is 0 Å². The molecule has 4 nitrogen and oxygen atoms in total. The van der Waals surface area contributed by atoms with Crippen LogP contribution in [0.2, 0.25) is 0 Å². The fourth-order valence-corrected chi connectivity index (χ4v) is 1.07. The van der Waals surface area contributed by atoms with Gasteiger partial charge in [0.25, 0.3) is 0 Å². The number of esters is 1. The summed E-state index contributed by atoms with van der Waals surface area (Å²) in [6, 6.07) is 5.54. The van der Waals surface area contributed by atoms with Gasteiger partial charge < -0.3 is 9.47 Å². The molecule has 0 saturated carbocycles. The summed E-state index contributed by atoms with van der Waals surface area (Å²) in [5.74, 6) is -1.37. The van der Waals surface area contributed by atoms with Gasteiger partial charge >= 0.3 is 5.97 Å². The number of nitriles is 1. The largest absolute Gasteiger partial charge is 0.476 e. The van der Waals surface area contributed by atoms with Gasteiger partial charge in [-0.1, -0.05) is 0 Å². The van der Waals surface area contributed by atoms with E-state index in [0.717, 1.165) is 6.07 Å². The van der Waals surface area contributed by atoms with Crippen molar-refractivity contribution in [2.75, 3.05) is 7.11 Å². The number of halogens is 1. The lowest BCUT2D eigenvalue weighted by atomic mass is 10.2. The van der Waals surface area contributed by atoms with Crippen LogP contribution in [0.4, 0.5) is 4.39 Å². The number of hydrogen-bond acceptors (Lipinski definition) is 4. The predicted molar refractivity (Wildman–Crippen MR) is 53.2 cm³/mol. The maximum atomic E-state index is 13.3. The van der Waals surface area contributed by atoms with E-state index >= 15 is 0 Å². The van der Waals surface area contributed by atoms with Gasteiger partial charge in [0.15, 0.2) is 17.7 Å². The summed E-state index contributed by atoms with van der Waals surface area (Å²) in [6.07, 6.45) is -0.896. The van der Waals surface area contributed by atoms with Crippen molar-refractivity contribution in [2.45, 2.75) is 13.0 Å². The summed E-state index contributed by atoms with van der Waals surface area (Å²) in [5, 5.41) is 8.53. The van der Waals surface area contributed by atoms with Crippen LogP contribution in [-0.4, -0.2) is 19.2 Å². The lowest BCUT2D eigenvalue weighted by molar-refractivity contribution is -0.148. The van der Waals surface area contributed by atoms with Crippen molar-refractivity contribution >= 4 is 5.97 Å². The van der Waals surface area contributed by atoms with Crippen LogP contribution in [0.25, 0.3) is 0 Å². The number of benzene rings is 1. The van der Waals surface area contributed by atoms with Crippen LogP contribution < -0.4 is 4.74 Å². The molecule has 0 radical (unpaired) electrons. The zero-order valence-electron chi connectivity index (χ0n) is 8.86. The first-order valence-electron chi connectivity index (χ1n) is 4.52. The molecule has 0 heterocycles. The number of methoxy groups -OCH3 is 1. The number of carbonyl (C=O) groups excluding carboxylic acids is 1. The molecule has 0 fully saturated rings. The monoisotopic (exact) mass is 223 g/mol. The summed E-state index contributed by atoms with van der Waals surface area (Å²) < 4.78 is 22.8. The molecule has 0 spiro atoms. The maximum Gasteiger partial charge on any atom is 0.346 e. The van der Waals surface area contributed by atoms with Crippen molar-refractivity contribution in [1.82, 2.24) is 0 Å². The fraction of sp³-hybridized carbons (Fsp3) is 0.273. The number of nitrogens with zero attached hydrogens (tertiary/aromatic N) is 1. The maximum absolute atomic E-state index is 13.3. The van der Waals surface area contributed by atoms with Gasteiger partial charge in [0.1, 0.15) is 0 Å². The molecular formula is C11H10FNO3. The second kappa shape index (κ2) is 5.12. The van der Waals surface area contributed by atoms with E-state index in [4.69, 9.17) is 10.00 Å². The Morgan fingerprint density at radius 1 is 1.56 bits per heavy atom. The van der Waals surface area contributed by atoms with Crippen molar-refractivity contribution < 1.29 is 18.7 Å². The minimum atomic E-state index is -0.896. The highest BCUT2D eigenvalue weighted by Crippen LogP contribution is 2.19. The molecule has 0 aliphatic heterocycles. The Kier molecular flexibility index (Phi) is 3.84. The standard InChI is InChI=1S/C11H10FNO3/c1-7(11(14)15-2)16-10-4-3-8(6-13)5-9(10)12/h3-5,7H,1-2H3. The van der Waals surface area contributed by atoms with Crippen LogP contribution in [0.15, 0.2) is 18.2 Å². The zero-order valence-corrected chi connectivity index (χ0v) is 8.86. The van der Waals surface area contributed by atoms with Gasteiger partial charge in [-0.15, -0.1) is 0 Å². The molecule has 0 aromatic heterocycles. The molecule has 1 aromatic carbocycles. The van der Waals surface area contributed by atoms with Crippen molar-refractivity contribution in [3.8, 4) is 11.8 Å². The molecule has 1 rings (SSSR count). The molecule has 16 heavy (non-hydrogen) atoms. The first-order chi connectivity index (χ1) is 7.58. The highest BCUT2D eigenvalue weighted by molar-refractivity contribution is 5.74. The average Bonchev–Trinajstić information content (AvgIpc) is 2.30. The summed E-state index contributed by atoms with van der Waals surface area (Å²) in [5.41, 5.74) is 0.190. The summed E-state index contributed by atoms with van der Waals surface area (Å²) in [6.45, 7) is 1.45. The lowest BCUT2D eigenvalue weighted by Crippen LogP contribution is -2.25. The topological polar surface area (TPSA) is 59.3 Å². The number of rotatable bonds is 3. The molecule has 0 bridgehead atoms. The van der Waals surface area contributed by atoms with E-state index in [9.17, 15) is 9.18 Å². The van der Waals surface area contributed by atoms with Gasteiger partial charge in [-0.25, -0.2) is 9.18 Å². The van der Waals surface area contributed by atoms with Crippen LogP contribution in [0.1, 0.15) is 12.5 Å². The predicted octanol–water partition coefficient (Wildman–Crippen LogP) is 1.64. The van der Waals surface area contributed by atoms with E-state index in [1.165, 1.54) is 26.2 Å². The van der Waals surface area contributed by atoms with E-state index in [1.54, 1.807) is 6.07 Å². The third kappa shape index (κ3) is 2.70. The third-order valence-electron chi connectivity index (χ3n) is 1.90. The van der Waals surface area contributed by atoms with Gasteiger partial charge in [0.2, 0.25) is 0 Å². The summed E-state index contributed by atoms with van der Waals surface area (Å²) >= 11 is 0. The Morgan fingerprint density at radius 2 is 2.25 bits per heavy atom. The summed E-state index contributed by atoms with van der Waals surface area (Å²) in [4.78, 5) is 11.0. The Bertz CT molecular complexity index is 439. The molecule has 1 atom stereocenters. The van der Waals surface area contributed by atoms with Crippen LogP contribution in [0, 0.1) is 17.1 Å². The molecule has 84 valence electrons. The first-order valence-corrected chi connectivity index (χ1v) is 4.52. The number of hydrogen-bond donors (Lipinski definition) is 0. The normalized spacial score (nSPS) is 11.4. The van der Waals surface area contributed by atoms with E-state index in [-0.39, 0.29) is 11.3 Å². The van der Waals surface area contributed by atoms with Crippen LogP contribution in [0.3, 0.4) is 0 Å². The van der Waals surface area contributed by atoms with E-state index < -0.39 is 17.9 Å². The number of carbonyl (C=O) groups is 1. The zero-order chi connectivity index (χ0) is 12.1. The molecule has 0 saturated heterocycles. The molecule has 0 aliphatic rings. The van der Waals surface area contributed by atoms with Gasteiger partial charge in [0, 0.05) is 0 Å². The molecule has 0 aliphatic carbocycles. The number of ether oxygens (including phenoxy) is 2. The van der Waals surface area contributed by atoms with Crippen molar-refractivity contribution in [3.63, 3.8) is 0 Å². The van der Waals surface area contributed by atoms with Gasteiger partial charge in [-0.05, 0) is 25.1 Å². The minimum Gasteiger partial charge on any atom is -0.476 e. The molecule has 0 amide bonds. The highest BCUT2D eigenvalue weighted by Gasteiger charge is 2.16. The quantitative estimate of drug-likeness (QED) is 0.731. The SMILES string of the molecule is COC(=O)C(C)Oc1ccc(C#N)cc1F. The third-order valence-corrected chi connectivity index (χ3v) is 1.90. The van der Waals surface area contributed by atoms with Crippen LogP contribution >= 0.6 is 0 Å². The molecule has 0 N–H and O–H groups in total. The van der Waals surface area contributed by atoms with Crippen molar-refractivity contribution in [1.29, 1.82) is 5.26 Å². The van der Waals surface area contributed by atoms with Crippen LogP contribution in [0.5, 0.6) is 5.75 Å². The second-order valence-corrected chi connectivity index (χ2v) is 3.04. The smallest absolute Gasteiger partial charge is 0.346 e. The van der Waals surface area contributed by atoms with E-state index in [2.05, 4.69) is 4.74 Å². The second-order valence-electron chi connectivity index (χ2n) is 3.04. The fourth-order valence-electron chi connectivity index (χ4n) is 1.07. The Labute approximate surface area is 92.2 Å². The Hall–Kier alpha value is -2.09. The average molecular weight is 223 g/mol. The summed E-state index contributed by atoms with van der Waals surface area (Å²) in [7, 11) is 1.22. The highest BCUT2D eigenvalue weighted by atomic mass is 19.1. The van der Waals surface area contributed by atoms with Gasteiger partial charge in [-0.3, -0.25) is 0 Å². The molecule has 5 heteroatoms. The van der Waals surface area contributed by atoms with Crippen molar-refractivity contribution in [2.24, 2.45) is 0 Å². The van der Waals surface area contributed by atoms with Gasteiger partial charge in [0.05, 0.1) is 18.7 Å². The Morgan fingerprint density at radius 3 is 2.75 bits per heavy atom.